The van der Waals surface area contributed by atoms with Crippen LogP contribution in [0.15, 0.2) is 48.7 Å². The number of amides is 2. The second kappa shape index (κ2) is 12.6. The third-order valence-electron chi connectivity index (χ3n) is 9.41. The van der Waals surface area contributed by atoms with Gasteiger partial charge < -0.3 is 25.6 Å². The Labute approximate surface area is 272 Å². The van der Waals surface area contributed by atoms with E-state index in [1.807, 2.05) is 23.9 Å². The number of halogens is 1. The lowest BCUT2D eigenvalue weighted by Gasteiger charge is -2.35. The maximum atomic E-state index is 13.9. The minimum Gasteiger partial charge on any atom is -0.491 e. The second-order valence-electron chi connectivity index (χ2n) is 13.1. The number of pyridine rings is 1. The molecule has 0 saturated heterocycles. The van der Waals surface area contributed by atoms with Crippen LogP contribution in [0.1, 0.15) is 85.9 Å². The van der Waals surface area contributed by atoms with E-state index < -0.39 is 17.3 Å². The van der Waals surface area contributed by atoms with E-state index in [1.54, 1.807) is 24.3 Å². The number of primary amides is 1. The average molecular weight is 642 g/mol. The Morgan fingerprint density at radius 2 is 1.83 bits per heavy atom. The molecule has 3 aliphatic carbocycles. The molecule has 0 unspecified atom stereocenters. The molecule has 0 radical (unpaired) electrons. The molecule has 2 amide bonds. The van der Waals surface area contributed by atoms with Crippen LogP contribution in [0, 0.1) is 11.7 Å². The minimum absolute atomic E-state index is 0.117. The number of nitrogens with one attached hydrogen (secondary N) is 1. The van der Waals surface area contributed by atoms with Gasteiger partial charge in [-0.05, 0) is 93.8 Å². The highest BCUT2D eigenvalue weighted by molar-refractivity contribution is 6.00. The summed E-state index contributed by atoms with van der Waals surface area (Å²) in [6.07, 6.45) is 9.42. The van der Waals surface area contributed by atoms with Crippen molar-refractivity contribution in [1.82, 2.24) is 20.1 Å². The molecule has 2 heterocycles. The Hall–Kier alpha value is -4.51. The second-order valence-corrected chi connectivity index (χ2v) is 13.1. The van der Waals surface area contributed by atoms with Crippen LogP contribution in [0.4, 0.5) is 4.39 Å². The maximum Gasteiger partial charge on any atom is 0.251 e. The first-order chi connectivity index (χ1) is 22.7. The predicted molar refractivity (Wildman–Crippen MR) is 174 cm³/mol. The SMILES string of the molecule is CCOc1c(CC(N)=O)cc([C@@](O)(CNC(=O)c2cc(OC3CC3)c3nn(C4CC4)cc3c2)C2CCCC2)nc1-c1ccc(F)cc1. The van der Waals surface area contributed by atoms with Crippen molar-refractivity contribution in [3.05, 3.63) is 71.3 Å². The van der Waals surface area contributed by atoms with Gasteiger partial charge in [-0.25, -0.2) is 9.37 Å². The summed E-state index contributed by atoms with van der Waals surface area (Å²) in [5.41, 5.74) is 6.92. The number of aliphatic hydroxyl groups is 1. The molecule has 2 aromatic carbocycles. The molecule has 246 valence electrons. The van der Waals surface area contributed by atoms with Gasteiger partial charge in [0, 0.05) is 28.3 Å². The van der Waals surface area contributed by atoms with Crippen molar-refractivity contribution in [2.24, 2.45) is 11.7 Å². The number of hydrogen-bond donors (Lipinski definition) is 3. The van der Waals surface area contributed by atoms with Crippen molar-refractivity contribution in [1.29, 1.82) is 0 Å². The van der Waals surface area contributed by atoms with Crippen LogP contribution < -0.4 is 20.5 Å². The summed E-state index contributed by atoms with van der Waals surface area (Å²) in [6, 6.07) is 11.4. The van der Waals surface area contributed by atoms with E-state index in [0.29, 0.717) is 52.2 Å². The molecule has 3 saturated carbocycles. The van der Waals surface area contributed by atoms with Crippen molar-refractivity contribution in [2.75, 3.05) is 13.2 Å². The summed E-state index contributed by atoms with van der Waals surface area (Å²) in [6.45, 7) is 1.99. The lowest BCUT2D eigenvalue weighted by molar-refractivity contribution is -0.117. The number of nitrogens with zero attached hydrogens (tertiary/aromatic N) is 3. The van der Waals surface area contributed by atoms with Gasteiger partial charge in [0.1, 0.15) is 34.1 Å². The first kappa shape index (κ1) is 31.1. The standard InChI is InChI=1S/C36H40FN5O5/c1-2-46-34-22(18-31(38)43)17-30(40-33(34)21-7-9-26(37)10-8-21)36(45,25-5-3-4-6-25)20-39-35(44)23-15-24-19-42(27-11-12-27)41-32(24)29(16-23)47-28-13-14-28/h7-10,15-17,19,25,27-28,45H,2-6,11-14,18,20H2,1H3,(H2,38,43)(H,39,44)/t36-/m1/s1. The Kier molecular flexibility index (Phi) is 8.34. The lowest BCUT2D eigenvalue weighted by atomic mass is 9.81. The van der Waals surface area contributed by atoms with Crippen LogP contribution in [0.3, 0.4) is 0 Å². The van der Waals surface area contributed by atoms with Crippen molar-refractivity contribution in [3.63, 3.8) is 0 Å². The van der Waals surface area contributed by atoms with Gasteiger partial charge in [-0.15, -0.1) is 0 Å². The van der Waals surface area contributed by atoms with E-state index in [2.05, 4.69) is 5.32 Å². The van der Waals surface area contributed by atoms with Crippen LogP contribution in [-0.2, 0) is 16.8 Å². The smallest absolute Gasteiger partial charge is 0.251 e. The number of carbonyl (C=O) groups is 2. The van der Waals surface area contributed by atoms with Gasteiger partial charge >= 0.3 is 0 Å². The van der Waals surface area contributed by atoms with Crippen LogP contribution in [-0.4, -0.2) is 50.9 Å². The number of fused-ring (bicyclic) bond motifs is 1. The highest BCUT2D eigenvalue weighted by Gasteiger charge is 2.43. The summed E-state index contributed by atoms with van der Waals surface area (Å²) in [4.78, 5) is 30.9. The molecule has 0 bridgehead atoms. The average Bonchev–Trinajstić information content (AvgIpc) is 3.97. The quantitative estimate of drug-likeness (QED) is 0.179. The maximum absolute atomic E-state index is 13.9. The summed E-state index contributed by atoms with van der Waals surface area (Å²) in [7, 11) is 0. The van der Waals surface area contributed by atoms with E-state index in [9.17, 15) is 19.1 Å². The number of benzene rings is 2. The van der Waals surface area contributed by atoms with Gasteiger partial charge in [-0.2, -0.15) is 5.10 Å². The number of rotatable bonds is 13. The number of hydrogen-bond acceptors (Lipinski definition) is 7. The van der Waals surface area contributed by atoms with Gasteiger partial charge in [0.2, 0.25) is 5.91 Å². The van der Waals surface area contributed by atoms with E-state index in [0.717, 1.165) is 62.3 Å². The Morgan fingerprint density at radius 3 is 2.49 bits per heavy atom. The van der Waals surface area contributed by atoms with Crippen molar-refractivity contribution in [2.45, 2.75) is 82.5 Å². The Bertz CT molecular complexity index is 1810. The zero-order valence-corrected chi connectivity index (χ0v) is 26.5. The minimum atomic E-state index is -1.58. The van der Waals surface area contributed by atoms with Crippen LogP contribution in [0.2, 0.25) is 0 Å². The van der Waals surface area contributed by atoms with Gasteiger partial charge in [0.05, 0.1) is 37.4 Å². The van der Waals surface area contributed by atoms with Crippen LogP contribution >= 0.6 is 0 Å². The third-order valence-corrected chi connectivity index (χ3v) is 9.41. The summed E-state index contributed by atoms with van der Waals surface area (Å²) in [5.74, 6) is -0.602. The first-order valence-electron chi connectivity index (χ1n) is 16.6. The van der Waals surface area contributed by atoms with Gasteiger partial charge in [-0.3, -0.25) is 14.3 Å². The number of nitrogens with two attached hydrogens (primary N) is 1. The molecule has 10 nitrogen and oxygen atoms in total. The molecule has 3 aliphatic rings. The van der Waals surface area contributed by atoms with Crippen molar-refractivity contribution < 1.29 is 28.6 Å². The molecule has 0 aliphatic heterocycles. The summed E-state index contributed by atoms with van der Waals surface area (Å²) >= 11 is 0. The molecular weight excluding hydrogens is 601 g/mol. The van der Waals surface area contributed by atoms with Gasteiger partial charge in [0.15, 0.2) is 0 Å². The normalized spacial score (nSPS) is 17.9. The molecule has 3 fully saturated rings. The molecule has 1 atom stereocenters. The Balaban J connectivity index is 1.25. The van der Waals surface area contributed by atoms with E-state index in [4.69, 9.17) is 25.3 Å². The first-order valence-corrected chi connectivity index (χ1v) is 16.6. The Morgan fingerprint density at radius 1 is 1.09 bits per heavy atom. The van der Waals surface area contributed by atoms with Crippen molar-refractivity contribution in [3.8, 4) is 22.8 Å². The van der Waals surface area contributed by atoms with E-state index in [1.165, 1.54) is 12.1 Å². The third kappa shape index (κ3) is 6.54. The fourth-order valence-electron chi connectivity index (χ4n) is 6.63. The number of ether oxygens (including phenoxy) is 2. The topological polar surface area (TPSA) is 142 Å². The molecular formula is C36H40FN5O5. The van der Waals surface area contributed by atoms with Crippen molar-refractivity contribution >= 4 is 22.7 Å². The van der Waals surface area contributed by atoms with Gasteiger partial charge in [0.25, 0.3) is 5.91 Å². The fourth-order valence-corrected chi connectivity index (χ4v) is 6.63. The zero-order valence-electron chi connectivity index (χ0n) is 26.5. The summed E-state index contributed by atoms with van der Waals surface area (Å²) in [5, 5.41) is 21.2. The predicted octanol–water partition coefficient (Wildman–Crippen LogP) is 5.35. The van der Waals surface area contributed by atoms with Crippen LogP contribution in [0.5, 0.6) is 11.5 Å². The van der Waals surface area contributed by atoms with Gasteiger partial charge in [-0.1, -0.05) is 12.8 Å². The molecule has 47 heavy (non-hydrogen) atoms. The van der Waals surface area contributed by atoms with E-state index >= 15 is 0 Å². The zero-order chi connectivity index (χ0) is 32.7. The highest BCUT2D eigenvalue weighted by atomic mass is 19.1. The van der Waals surface area contributed by atoms with E-state index in [-0.39, 0.29) is 30.9 Å². The molecule has 11 heteroatoms. The molecule has 7 rings (SSSR count). The molecule has 4 N–H and O–H groups in total. The lowest BCUT2D eigenvalue weighted by Crippen LogP contribution is -2.46. The largest absolute Gasteiger partial charge is 0.491 e. The monoisotopic (exact) mass is 641 g/mol. The highest BCUT2D eigenvalue weighted by Crippen LogP contribution is 2.43. The summed E-state index contributed by atoms with van der Waals surface area (Å²) < 4.78 is 28.0. The molecule has 4 aromatic rings. The number of aromatic nitrogens is 3. The van der Waals surface area contributed by atoms with Crippen LogP contribution in [0.25, 0.3) is 22.2 Å². The molecule has 0 spiro atoms. The molecule has 2 aromatic heterocycles. The fraction of sp³-hybridized carbons (Fsp3) is 0.444. The number of carbonyl (C=O) groups excluding carboxylic acids is 2.